The second-order valence-electron chi connectivity index (χ2n) is 10.9. The molecule has 2 aromatic rings. The van der Waals surface area contributed by atoms with Crippen LogP contribution in [0.4, 0.5) is 4.79 Å². The molecule has 2 aromatic carbocycles. The molecule has 1 amide bonds. The van der Waals surface area contributed by atoms with E-state index in [1.165, 1.54) is 0 Å². The molecule has 5 atom stereocenters. The number of aliphatic hydroxyl groups excluding tert-OH is 3. The number of alkyl carbamates (subject to hydrolysis) is 1. The van der Waals surface area contributed by atoms with Crippen LogP contribution in [0.3, 0.4) is 0 Å². The lowest BCUT2D eigenvalue weighted by molar-refractivity contribution is -0.189. The standard InChI is InChI=1S/C32H37NO14/c1-17(35)44-16-32(30(41)47-20(4)38,13-27(45-18(2)36)29(46-19(3)37)28(40)26(39)14-34)33-31(42)43-15-25-23-11-7-5-9-21(23)22-10-6-8-12-24(22)25/h5-12,25-29,34,39-40H,13-16H2,1-4H3,(H,33,42)/t26-,27-,28-,29-,32+/m1/s1. The third kappa shape index (κ3) is 9.34. The first-order valence-electron chi connectivity index (χ1n) is 14.5. The Hall–Kier alpha value is -4.86. The highest BCUT2D eigenvalue weighted by Gasteiger charge is 2.51. The van der Waals surface area contributed by atoms with Gasteiger partial charge >= 0.3 is 35.9 Å². The summed E-state index contributed by atoms with van der Waals surface area (Å²) < 4.78 is 25.7. The maximum atomic E-state index is 13.5. The zero-order chi connectivity index (χ0) is 34.9. The molecule has 0 aromatic heterocycles. The molecular formula is C32H37NO14. The number of ether oxygens (including phenoxy) is 5. The number of hydrogen-bond acceptors (Lipinski definition) is 14. The summed E-state index contributed by atoms with van der Waals surface area (Å²) in [6.45, 7) is 1.48. The summed E-state index contributed by atoms with van der Waals surface area (Å²) in [5.74, 6) is -6.02. The molecule has 1 aliphatic carbocycles. The summed E-state index contributed by atoms with van der Waals surface area (Å²) in [4.78, 5) is 74.9. The summed E-state index contributed by atoms with van der Waals surface area (Å²) in [6.07, 6.45) is -10.1. The van der Waals surface area contributed by atoms with Gasteiger partial charge in [0.05, 0.1) is 6.61 Å². The summed E-state index contributed by atoms with van der Waals surface area (Å²) in [5, 5.41) is 32.5. The van der Waals surface area contributed by atoms with Gasteiger partial charge in [-0.15, -0.1) is 0 Å². The number of esters is 5. The van der Waals surface area contributed by atoms with Crippen molar-refractivity contribution in [2.45, 2.75) is 70.0 Å². The summed E-state index contributed by atoms with van der Waals surface area (Å²) in [6, 6.07) is 15.0. The van der Waals surface area contributed by atoms with Crippen LogP contribution in [0, 0.1) is 0 Å². The minimum atomic E-state index is -2.57. The minimum absolute atomic E-state index is 0.226. The Morgan fingerprint density at radius 3 is 1.83 bits per heavy atom. The van der Waals surface area contributed by atoms with Crippen molar-refractivity contribution in [3.8, 4) is 11.1 Å². The lowest BCUT2D eigenvalue weighted by atomic mass is 9.88. The van der Waals surface area contributed by atoms with Gasteiger partial charge in [-0.25, -0.2) is 9.59 Å². The van der Waals surface area contributed by atoms with E-state index in [4.69, 9.17) is 23.7 Å². The number of rotatable bonds is 14. The molecule has 47 heavy (non-hydrogen) atoms. The van der Waals surface area contributed by atoms with E-state index in [9.17, 15) is 44.1 Å². The second kappa shape index (κ2) is 16.1. The molecule has 4 N–H and O–H groups in total. The highest BCUT2D eigenvalue weighted by atomic mass is 16.6. The van der Waals surface area contributed by atoms with Gasteiger partial charge in [0.15, 0.2) is 11.6 Å². The molecule has 0 aliphatic heterocycles. The quantitative estimate of drug-likeness (QED) is 0.126. The molecule has 0 saturated carbocycles. The molecule has 0 fully saturated rings. The highest BCUT2D eigenvalue weighted by Crippen LogP contribution is 2.44. The largest absolute Gasteiger partial charge is 0.463 e. The van der Waals surface area contributed by atoms with Crippen molar-refractivity contribution >= 4 is 35.9 Å². The van der Waals surface area contributed by atoms with E-state index in [0.717, 1.165) is 49.9 Å². The third-order valence-corrected chi connectivity index (χ3v) is 7.29. The molecule has 3 rings (SSSR count). The van der Waals surface area contributed by atoms with E-state index in [0.29, 0.717) is 0 Å². The molecule has 15 nitrogen and oxygen atoms in total. The fourth-order valence-electron chi connectivity index (χ4n) is 5.29. The van der Waals surface area contributed by atoms with Gasteiger partial charge in [-0.1, -0.05) is 48.5 Å². The van der Waals surface area contributed by atoms with Crippen molar-refractivity contribution in [1.82, 2.24) is 5.32 Å². The van der Waals surface area contributed by atoms with Crippen LogP contribution < -0.4 is 5.32 Å². The third-order valence-electron chi connectivity index (χ3n) is 7.29. The van der Waals surface area contributed by atoms with Crippen molar-refractivity contribution in [2.24, 2.45) is 0 Å². The Morgan fingerprint density at radius 1 is 0.787 bits per heavy atom. The SMILES string of the molecule is CC(=O)OC[C@](C[C@@H](OC(C)=O)[C@@H](OC(C)=O)[C@H](O)[C@H](O)CO)(NC(=O)OCC1c2ccccc2-c2ccccc21)C(=O)OC(C)=O. The second-order valence-corrected chi connectivity index (χ2v) is 10.9. The number of aliphatic hydroxyl groups is 3. The zero-order valence-electron chi connectivity index (χ0n) is 26.2. The van der Waals surface area contributed by atoms with E-state index in [2.05, 4.69) is 5.32 Å². The fraction of sp³-hybridized carbons (Fsp3) is 0.438. The average Bonchev–Trinajstić information content (AvgIpc) is 3.33. The predicted molar refractivity (Wildman–Crippen MR) is 159 cm³/mol. The van der Waals surface area contributed by atoms with Crippen LogP contribution in [0.25, 0.3) is 11.1 Å². The van der Waals surface area contributed by atoms with E-state index in [1.807, 2.05) is 48.5 Å². The van der Waals surface area contributed by atoms with Gasteiger partial charge < -0.3 is 44.3 Å². The van der Waals surface area contributed by atoms with Crippen LogP contribution in [-0.2, 0) is 47.7 Å². The van der Waals surface area contributed by atoms with Crippen molar-refractivity contribution in [1.29, 1.82) is 0 Å². The number of hydrogen-bond donors (Lipinski definition) is 4. The Labute approximate surface area is 269 Å². The van der Waals surface area contributed by atoms with E-state index in [1.54, 1.807) is 0 Å². The van der Waals surface area contributed by atoms with Crippen LogP contribution in [-0.4, -0.2) is 101 Å². The summed E-state index contributed by atoms with van der Waals surface area (Å²) in [5.41, 5.74) is 1.06. The number of carbonyl (C=O) groups is 6. The number of amides is 1. The number of benzene rings is 2. The average molecular weight is 660 g/mol. The van der Waals surface area contributed by atoms with Crippen molar-refractivity contribution in [3.63, 3.8) is 0 Å². The monoisotopic (exact) mass is 659 g/mol. The van der Waals surface area contributed by atoms with Crippen molar-refractivity contribution in [3.05, 3.63) is 59.7 Å². The fourth-order valence-corrected chi connectivity index (χ4v) is 5.29. The van der Waals surface area contributed by atoms with Gasteiger partial charge in [0.2, 0.25) is 0 Å². The van der Waals surface area contributed by atoms with Crippen LogP contribution >= 0.6 is 0 Å². The van der Waals surface area contributed by atoms with Crippen LogP contribution in [0.1, 0.15) is 51.2 Å². The number of nitrogens with one attached hydrogen (secondary N) is 1. The molecule has 15 heteroatoms. The van der Waals surface area contributed by atoms with Gasteiger partial charge in [-0.3, -0.25) is 19.2 Å². The molecule has 0 unspecified atom stereocenters. The number of carbonyl (C=O) groups excluding carboxylic acids is 6. The molecule has 0 radical (unpaired) electrons. The van der Waals surface area contributed by atoms with E-state index in [-0.39, 0.29) is 6.61 Å². The molecule has 0 bridgehead atoms. The van der Waals surface area contributed by atoms with Gasteiger partial charge in [0, 0.05) is 40.0 Å². The van der Waals surface area contributed by atoms with E-state index < -0.39 is 91.4 Å². The summed E-state index contributed by atoms with van der Waals surface area (Å²) >= 11 is 0. The Kier molecular flexibility index (Phi) is 12.5. The summed E-state index contributed by atoms with van der Waals surface area (Å²) in [7, 11) is 0. The Morgan fingerprint density at radius 2 is 1.34 bits per heavy atom. The molecule has 0 heterocycles. The smallest absolute Gasteiger partial charge is 0.408 e. The van der Waals surface area contributed by atoms with Gasteiger partial charge in [0.1, 0.15) is 31.5 Å². The first kappa shape index (κ1) is 36.6. The lowest BCUT2D eigenvalue weighted by Crippen LogP contribution is -2.63. The highest BCUT2D eigenvalue weighted by molar-refractivity contribution is 5.93. The molecule has 0 saturated heterocycles. The molecule has 0 spiro atoms. The molecule has 1 aliphatic rings. The first-order valence-corrected chi connectivity index (χ1v) is 14.5. The maximum Gasteiger partial charge on any atom is 0.408 e. The maximum absolute atomic E-state index is 13.5. The number of fused-ring (bicyclic) bond motifs is 3. The molecular weight excluding hydrogens is 622 g/mol. The van der Waals surface area contributed by atoms with Crippen molar-refractivity contribution in [2.75, 3.05) is 19.8 Å². The predicted octanol–water partition coefficient (Wildman–Crippen LogP) is 0.884. The van der Waals surface area contributed by atoms with Gasteiger partial charge in [-0.05, 0) is 22.3 Å². The van der Waals surface area contributed by atoms with Crippen LogP contribution in [0.15, 0.2) is 48.5 Å². The van der Waals surface area contributed by atoms with Crippen molar-refractivity contribution < 1.29 is 67.8 Å². The normalized spacial score (nSPS) is 15.7. The van der Waals surface area contributed by atoms with E-state index >= 15 is 0 Å². The topological polar surface area (TPSA) is 221 Å². The van der Waals surface area contributed by atoms with Gasteiger partial charge in [-0.2, -0.15) is 0 Å². The first-order chi connectivity index (χ1) is 22.2. The van der Waals surface area contributed by atoms with Crippen LogP contribution in [0.2, 0.25) is 0 Å². The lowest BCUT2D eigenvalue weighted by Gasteiger charge is -2.37. The minimum Gasteiger partial charge on any atom is -0.463 e. The Balaban J connectivity index is 2.02. The molecule has 254 valence electrons. The van der Waals surface area contributed by atoms with Crippen LogP contribution in [0.5, 0.6) is 0 Å². The van der Waals surface area contributed by atoms with Gasteiger partial charge in [0.25, 0.3) is 0 Å². The zero-order valence-corrected chi connectivity index (χ0v) is 26.2. The Bertz CT molecular complexity index is 1450.